The first-order valence-electron chi connectivity index (χ1n) is 4.08. The van der Waals surface area contributed by atoms with Crippen molar-refractivity contribution in [1.29, 1.82) is 0 Å². The molecule has 1 saturated heterocycles. The third kappa shape index (κ3) is 1.32. The molecule has 10 heavy (non-hydrogen) atoms. The molecular formula is C8H17NO. The number of hydrogen-bond acceptors (Lipinski definition) is 2. The summed E-state index contributed by atoms with van der Waals surface area (Å²) in [5.41, 5.74) is 5.87. The van der Waals surface area contributed by atoms with E-state index in [0.717, 1.165) is 19.4 Å². The second-order valence-electron chi connectivity index (χ2n) is 3.28. The van der Waals surface area contributed by atoms with E-state index in [0.29, 0.717) is 0 Å². The number of nitrogens with two attached hydrogens (primary N) is 1. The van der Waals surface area contributed by atoms with Crippen LogP contribution in [0.25, 0.3) is 0 Å². The Kier molecular flexibility index (Phi) is 2.32. The first kappa shape index (κ1) is 8.02. The van der Waals surface area contributed by atoms with Gasteiger partial charge in [-0.2, -0.15) is 0 Å². The fraction of sp³-hybridized carbons (Fsp3) is 1.00. The van der Waals surface area contributed by atoms with Crippen molar-refractivity contribution in [2.45, 2.75) is 44.8 Å². The van der Waals surface area contributed by atoms with Crippen molar-refractivity contribution in [3.8, 4) is 0 Å². The Labute approximate surface area is 62.7 Å². The van der Waals surface area contributed by atoms with Crippen LogP contribution in [0.5, 0.6) is 0 Å². The van der Waals surface area contributed by atoms with Gasteiger partial charge in [0.15, 0.2) is 0 Å². The van der Waals surface area contributed by atoms with Crippen LogP contribution in [0.4, 0.5) is 0 Å². The van der Waals surface area contributed by atoms with Crippen LogP contribution in [-0.4, -0.2) is 18.2 Å². The van der Waals surface area contributed by atoms with E-state index < -0.39 is 0 Å². The summed E-state index contributed by atoms with van der Waals surface area (Å²) in [6.07, 6.45) is 3.31. The smallest absolute Gasteiger partial charge is 0.0805 e. The molecule has 0 radical (unpaired) electrons. The lowest BCUT2D eigenvalue weighted by Gasteiger charge is -2.29. The van der Waals surface area contributed by atoms with Crippen LogP contribution in [0, 0.1) is 0 Å². The monoisotopic (exact) mass is 143 g/mol. The molecule has 60 valence electrons. The van der Waals surface area contributed by atoms with Crippen molar-refractivity contribution in [3.05, 3.63) is 0 Å². The molecular weight excluding hydrogens is 126 g/mol. The Morgan fingerprint density at radius 2 is 2.40 bits per heavy atom. The van der Waals surface area contributed by atoms with Gasteiger partial charge in [-0.1, -0.05) is 6.92 Å². The third-order valence-electron chi connectivity index (χ3n) is 2.47. The SMILES string of the molecule is CCC(N)C1(C)CCCO1. The van der Waals surface area contributed by atoms with Gasteiger partial charge in [-0.3, -0.25) is 0 Å². The van der Waals surface area contributed by atoms with Gasteiger partial charge < -0.3 is 10.5 Å². The highest BCUT2D eigenvalue weighted by Gasteiger charge is 2.34. The molecule has 2 unspecified atom stereocenters. The summed E-state index contributed by atoms with van der Waals surface area (Å²) in [7, 11) is 0. The zero-order chi connectivity index (χ0) is 7.61. The highest BCUT2D eigenvalue weighted by Crippen LogP contribution is 2.28. The van der Waals surface area contributed by atoms with Crippen molar-refractivity contribution in [3.63, 3.8) is 0 Å². The zero-order valence-corrected chi connectivity index (χ0v) is 6.89. The second kappa shape index (κ2) is 2.89. The Hall–Kier alpha value is -0.0800. The fourth-order valence-electron chi connectivity index (χ4n) is 1.52. The van der Waals surface area contributed by atoms with Gasteiger partial charge in [0.25, 0.3) is 0 Å². The van der Waals surface area contributed by atoms with E-state index in [1.165, 1.54) is 6.42 Å². The molecule has 1 fully saturated rings. The van der Waals surface area contributed by atoms with Crippen molar-refractivity contribution in [1.82, 2.24) is 0 Å². The predicted molar refractivity (Wildman–Crippen MR) is 41.9 cm³/mol. The number of ether oxygens (including phenoxy) is 1. The first-order valence-corrected chi connectivity index (χ1v) is 4.08. The van der Waals surface area contributed by atoms with E-state index in [1.54, 1.807) is 0 Å². The minimum Gasteiger partial charge on any atom is -0.374 e. The number of rotatable bonds is 2. The zero-order valence-electron chi connectivity index (χ0n) is 6.89. The predicted octanol–water partition coefficient (Wildman–Crippen LogP) is 1.29. The molecule has 0 aromatic heterocycles. The summed E-state index contributed by atoms with van der Waals surface area (Å²) < 4.78 is 5.57. The summed E-state index contributed by atoms with van der Waals surface area (Å²) in [6.45, 7) is 5.12. The second-order valence-corrected chi connectivity index (χ2v) is 3.28. The molecule has 2 nitrogen and oxygen atoms in total. The van der Waals surface area contributed by atoms with Crippen LogP contribution in [0.15, 0.2) is 0 Å². The summed E-state index contributed by atoms with van der Waals surface area (Å²) in [5, 5.41) is 0. The lowest BCUT2D eigenvalue weighted by molar-refractivity contribution is -0.00186. The van der Waals surface area contributed by atoms with Gasteiger partial charge in [-0.25, -0.2) is 0 Å². The van der Waals surface area contributed by atoms with Gasteiger partial charge in [0.05, 0.1) is 5.60 Å². The van der Waals surface area contributed by atoms with E-state index in [2.05, 4.69) is 13.8 Å². The number of hydrogen-bond donors (Lipinski definition) is 1. The quantitative estimate of drug-likeness (QED) is 0.632. The molecule has 1 aliphatic heterocycles. The summed E-state index contributed by atoms with van der Waals surface area (Å²) in [6, 6.07) is 0.218. The Bertz CT molecular complexity index is 108. The highest BCUT2D eigenvalue weighted by molar-refractivity contribution is 4.89. The maximum Gasteiger partial charge on any atom is 0.0805 e. The van der Waals surface area contributed by atoms with Gasteiger partial charge in [0, 0.05) is 12.6 Å². The molecule has 0 aliphatic carbocycles. The lowest BCUT2D eigenvalue weighted by Crippen LogP contribution is -2.44. The standard InChI is InChI=1S/C8H17NO/c1-3-7(9)8(2)5-4-6-10-8/h7H,3-6,9H2,1-2H3. The summed E-state index contributed by atoms with van der Waals surface area (Å²) >= 11 is 0. The Morgan fingerprint density at radius 3 is 2.80 bits per heavy atom. The molecule has 2 heteroatoms. The summed E-state index contributed by atoms with van der Waals surface area (Å²) in [4.78, 5) is 0. The summed E-state index contributed by atoms with van der Waals surface area (Å²) in [5.74, 6) is 0. The van der Waals surface area contributed by atoms with Crippen molar-refractivity contribution < 1.29 is 4.74 Å². The van der Waals surface area contributed by atoms with Gasteiger partial charge in [-0.15, -0.1) is 0 Å². The van der Waals surface area contributed by atoms with Crippen LogP contribution in [0.2, 0.25) is 0 Å². The molecule has 0 aromatic rings. The lowest BCUT2D eigenvalue weighted by atomic mass is 9.92. The molecule has 1 aliphatic rings. The Balaban J connectivity index is 2.49. The van der Waals surface area contributed by atoms with Gasteiger partial charge in [-0.05, 0) is 26.2 Å². The molecule has 1 rings (SSSR count). The maximum absolute atomic E-state index is 5.89. The molecule has 0 bridgehead atoms. The first-order chi connectivity index (χ1) is 4.69. The van der Waals surface area contributed by atoms with Crippen LogP contribution >= 0.6 is 0 Å². The highest BCUT2D eigenvalue weighted by atomic mass is 16.5. The average Bonchev–Trinajstić information content (AvgIpc) is 2.36. The van der Waals surface area contributed by atoms with E-state index in [-0.39, 0.29) is 11.6 Å². The molecule has 1 heterocycles. The topological polar surface area (TPSA) is 35.2 Å². The van der Waals surface area contributed by atoms with Gasteiger partial charge in [0.1, 0.15) is 0 Å². The van der Waals surface area contributed by atoms with Crippen LogP contribution in [0.3, 0.4) is 0 Å². The fourth-order valence-corrected chi connectivity index (χ4v) is 1.52. The van der Waals surface area contributed by atoms with Gasteiger partial charge in [0.2, 0.25) is 0 Å². The van der Waals surface area contributed by atoms with E-state index in [4.69, 9.17) is 10.5 Å². The third-order valence-corrected chi connectivity index (χ3v) is 2.47. The molecule has 0 aromatic carbocycles. The molecule has 2 atom stereocenters. The largest absolute Gasteiger partial charge is 0.374 e. The Morgan fingerprint density at radius 1 is 1.70 bits per heavy atom. The van der Waals surface area contributed by atoms with E-state index in [9.17, 15) is 0 Å². The minimum atomic E-state index is -0.0191. The normalized spacial score (nSPS) is 36.3. The molecule has 2 N–H and O–H groups in total. The molecule has 0 amide bonds. The van der Waals surface area contributed by atoms with Crippen LogP contribution in [-0.2, 0) is 4.74 Å². The van der Waals surface area contributed by atoms with Crippen molar-refractivity contribution in [2.24, 2.45) is 5.73 Å². The molecule has 0 spiro atoms. The average molecular weight is 143 g/mol. The van der Waals surface area contributed by atoms with E-state index in [1.807, 2.05) is 0 Å². The molecule has 0 saturated carbocycles. The minimum absolute atomic E-state index is 0.0191. The van der Waals surface area contributed by atoms with Crippen molar-refractivity contribution in [2.75, 3.05) is 6.61 Å². The van der Waals surface area contributed by atoms with Crippen LogP contribution in [0.1, 0.15) is 33.1 Å². The van der Waals surface area contributed by atoms with Crippen LogP contribution < -0.4 is 5.73 Å². The van der Waals surface area contributed by atoms with Gasteiger partial charge >= 0.3 is 0 Å². The maximum atomic E-state index is 5.89. The van der Waals surface area contributed by atoms with E-state index >= 15 is 0 Å². The van der Waals surface area contributed by atoms with Crippen molar-refractivity contribution >= 4 is 0 Å².